The third-order valence-electron chi connectivity index (χ3n) is 2.96. The molecule has 0 N–H and O–H groups in total. The number of rotatable bonds is 5. The first-order valence-corrected chi connectivity index (χ1v) is 5.96. The number of azide groups is 1. The second kappa shape index (κ2) is 6.21. The Kier molecular flexibility index (Phi) is 4.37. The summed E-state index contributed by atoms with van der Waals surface area (Å²) < 4.78 is 28.6. The van der Waals surface area contributed by atoms with E-state index in [4.69, 9.17) is 5.53 Å². The molecule has 1 aliphatic rings. The molecule has 0 aliphatic carbocycles. The molecule has 1 aromatic carbocycles. The van der Waals surface area contributed by atoms with Crippen molar-refractivity contribution in [3.05, 3.63) is 34.7 Å². The van der Waals surface area contributed by atoms with Crippen LogP contribution in [0.2, 0.25) is 0 Å². The average Bonchev–Trinajstić information content (AvgIpc) is 2.77. The van der Waals surface area contributed by atoms with Gasteiger partial charge in [-0.1, -0.05) is 11.2 Å². The number of carbonyl (C=O) groups excluding carboxylic acids is 1. The van der Waals surface area contributed by atoms with Crippen molar-refractivity contribution in [3.8, 4) is 5.75 Å². The summed E-state index contributed by atoms with van der Waals surface area (Å²) in [5.41, 5.74) is 8.76. The molecule has 1 saturated heterocycles. The fourth-order valence-corrected chi connectivity index (χ4v) is 2.13. The van der Waals surface area contributed by atoms with Gasteiger partial charge in [-0.25, -0.2) is 0 Å². The van der Waals surface area contributed by atoms with Gasteiger partial charge in [-0.2, -0.15) is 8.78 Å². The molecule has 0 bridgehead atoms. The summed E-state index contributed by atoms with van der Waals surface area (Å²) in [4.78, 5) is 16.0. The molecule has 0 saturated carbocycles. The lowest BCUT2D eigenvalue weighted by molar-refractivity contribution is -0.117. The Morgan fingerprint density at radius 2 is 2.35 bits per heavy atom. The first-order chi connectivity index (χ1) is 9.60. The zero-order valence-electron chi connectivity index (χ0n) is 10.4. The number of nitrogens with zero attached hydrogens (tertiary/aromatic N) is 4. The molecule has 6 nitrogen and oxygen atoms in total. The molecule has 0 aromatic heterocycles. The van der Waals surface area contributed by atoms with Gasteiger partial charge in [-0.3, -0.25) is 4.79 Å². The fourth-order valence-electron chi connectivity index (χ4n) is 2.13. The predicted octanol–water partition coefficient (Wildman–Crippen LogP) is 2.95. The molecule has 2 rings (SSSR count). The molecule has 1 unspecified atom stereocenters. The van der Waals surface area contributed by atoms with Crippen molar-refractivity contribution < 1.29 is 18.3 Å². The van der Waals surface area contributed by atoms with Crippen LogP contribution in [0.4, 0.5) is 14.5 Å². The van der Waals surface area contributed by atoms with Crippen molar-refractivity contribution in [2.24, 2.45) is 11.0 Å². The van der Waals surface area contributed by atoms with E-state index < -0.39 is 6.61 Å². The van der Waals surface area contributed by atoms with E-state index >= 15 is 0 Å². The largest absolute Gasteiger partial charge is 0.435 e. The van der Waals surface area contributed by atoms with Crippen LogP contribution < -0.4 is 9.64 Å². The SMILES string of the molecule is [N-]=[N+]=NCC1CC(=O)N(c2cccc(OC(F)F)c2)C1. The third-order valence-corrected chi connectivity index (χ3v) is 2.96. The number of hydrogen-bond acceptors (Lipinski definition) is 3. The van der Waals surface area contributed by atoms with Crippen molar-refractivity contribution in [1.82, 2.24) is 0 Å². The van der Waals surface area contributed by atoms with Crippen molar-refractivity contribution >= 4 is 11.6 Å². The van der Waals surface area contributed by atoms with Crippen LogP contribution >= 0.6 is 0 Å². The van der Waals surface area contributed by atoms with E-state index in [9.17, 15) is 13.6 Å². The molecule has 1 atom stereocenters. The number of benzene rings is 1. The summed E-state index contributed by atoms with van der Waals surface area (Å²) in [6.45, 7) is -2.26. The van der Waals surface area contributed by atoms with Crippen LogP contribution in [-0.2, 0) is 4.79 Å². The Labute approximate surface area is 113 Å². The maximum absolute atomic E-state index is 12.2. The first kappa shape index (κ1) is 14.1. The van der Waals surface area contributed by atoms with E-state index in [1.54, 1.807) is 12.1 Å². The Morgan fingerprint density at radius 1 is 1.55 bits per heavy atom. The van der Waals surface area contributed by atoms with E-state index in [0.29, 0.717) is 12.2 Å². The molecule has 0 radical (unpaired) electrons. The molecule has 1 fully saturated rings. The molecule has 1 aliphatic heterocycles. The minimum Gasteiger partial charge on any atom is -0.435 e. The number of amides is 1. The number of carbonyl (C=O) groups is 1. The summed E-state index contributed by atoms with van der Waals surface area (Å²) in [5.74, 6) is -0.181. The Balaban J connectivity index is 2.11. The molecular weight excluding hydrogens is 270 g/mol. The lowest BCUT2D eigenvalue weighted by atomic mass is 10.1. The summed E-state index contributed by atoms with van der Waals surface area (Å²) in [6.07, 6.45) is 0.277. The summed E-state index contributed by atoms with van der Waals surface area (Å²) in [6, 6.07) is 5.97. The van der Waals surface area contributed by atoms with Gasteiger partial charge >= 0.3 is 6.61 Å². The van der Waals surface area contributed by atoms with Crippen LogP contribution in [0.5, 0.6) is 5.75 Å². The number of anilines is 1. The molecule has 0 spiro atoms. The lowest BCUT2D eigenvalue weighted by Crippen LogP contribution is -2.24. The van der Waals surface area contributed by atoms with Gasteiger partial charge in [0.1, 0.15) is 5.75 Å². The molecule has 20 heavy (non-hydrogen) atoms. The zero-order chi connectivity index (χ0) is 14.5. The van der Waals surface area contributed by atoms with Crippen molar-refractivity contribution in [2.45, 2.75) is 13.0 Å². The maximum Gasteiger partial charge on any atom is 0.387 e. The van der Waals surface area contributed by atoms with Gasteiger partial charge in [-0.05, 0) is 23.6 Å². The first-order valence-electron chi connectivity index (χ1n) is 5.96. The van der Waals surface area contributed by atoms with Crippen LogP contribution in [-0.4, -0.2) is 25.6 Å². The highest BCUT2D eigenvalue weighted by atomic mass is 19.3. The van der Waals surface area contributed by atoms with Gasteiger partial charge in [0.05, 0.1) is 0 Å². The highest BCUT2D eigenvalue weighted by Gasteiger charge is 2.30. The van der Waals surface area contributed by atoms with Gasteiger partial charge in [0.15, 0.2) is 0 Å². The van der Waals surface area contributed by atoms with Gasteiger partial charge in [0.2, 0.25) is 5.91 Å². The molecule has 106 valence electrons. The molecule has 1 aromatic rings. The lowest BCUT2D eigenvalue weighted by Gasteiger charge is -2.17. The van der Waals surface area contributed by atoms with Crippen LogP contribution in [0.1, 0.15) is 6.42 Å². The number of halogens is 2. The van der Waals surface area contributed by atoms with E-state index in [0.717, 1.165) is 0 Å². The highest BCUT2D eigenvalue weighted by molar-refractivity contribution is 5.95. The van der Waals surface area contributed by atoms with Crippen LogP contribution in [0.3, 0.4) is 0 Å². The van der Waals surface area contributed by atoms with Crippen molar-refractivity contribution in [3.63, 3.8) is 0 Å². The summed E-state index contributed by atoms with van der Waals surface area (Å²) in [5, 5.41) is 3.45. The van der Waals surface area contributed by atoms with E-state index in [-0.39, 0.29) is 30.5 Å². The maximum atomic E-state index is 12.2. The van der Waals surface area contributed by atoms with Crippen LogP contribution in [0, 0.1) is 5.92 Å². The van der Waals surface area contributed by atoms with E-state index in [1.165, 1.54) is 17.0 Å². The highest BCUT2D eigenvalue weighted by Crippen LogP contribution is 2.28. The van der Waals surface area contributed by atoms with Gasteiger partial charge in [-0.15, -0.1) is 0 Å². The number of ether oxygens (including phenoxy) is 1. The molecule has 8 heteroatoms. The minimum atomic E-state index is -2.91. The van der Waals surface area contributed by atoms with Gasteiger partial charge in [0.25, 0.3) is 0 Å². The number of hydrogen-bond donors (Lipinski definition) is 0. The Morgan fingerprint density at radius 3 is 3.05 bits per heavy atom. The van der Waals surface area contributed by atoms with Crippen LogP contribution in [0.15, 0.2) is 29.4 Å². The monoisotopic (exact) mass is 282 g/mol. The average molecular weight is 282 g/mol. The second-order valence-electron chi connectivity index (χ2n) is 4.36. The second-order valence-corrected chi connectivity index (χ2v) is 4.36. The fraction of sp³-hybridized carbons (Fsp3) is 0.417. The minimum absolute atomic E-state index is 0.00351. The molecule has 1 heterocycles. The molecule has 1 amide bonds. The normalized spacial score (nSPS) is 18.2. The van der Waals surface area contributed by atoms with Gasteiger partial charge < -0.3 is 9.64 Å². The Bertz CT molecular complexity index is 546. The summed E-state index contributed by atoms with van der Waals surface area (Å²) in [7, 11) is 0. The quantitative estimate of drug-likeness (QED) is 0.473. The van der Waals surface area contributed by atoms with Gasteiger partial charge in [0, 0.05) is 36.2 Å². The third kappa shape index (κ3) is 3.36. The smallest absolute Gasteiger partial charge is 0.387 e. The van der Waals surface area contributed by atoms with Crippen LogP contribution in [0.25, 0.3) is 10.4 Å². The van der Waals surface area contributed by atoms with Crippen molar-refractivity contribution in [1.29, 1.82) is 0 Å². The van der Waals surface area contributed by atoms with E-state index in [2.05, 4.69) is 14.8 Å². The topological polar surface area (TPSA) is 78.3 Å². The number of alkyl halides is 2. The zero-order valence-corrected chi connectivity index (χ0v) is 10.4. The standard InChI is InChI=1S/C12H12F2N4O2/c13-12(14)20-10-3-1-2-9(5-10)18-7-8(4-11(18)19)6-16-17-15/h1-3,5,8,12H,4,6-7H2. The van der Waals surface area contributed by atoms with E-state index in [1.807, 2.05) is 0 Å². The Hall–Kier alpha value is -2.34. The van der Waals surface area contributed by atoms with Crippen molar-refractivity contribution in [2.75, 3.05) is 18.0 Å². The predicted molar refractivity (Wildman–Crippen MR) is 67.5 cm³/mol. The summed E-state index contributed by atoms with van der Waals surface area (Å²) >= 11 is 0. The molecular formula is C12H12F2N4O2.